The predicted molar refractivity (Wildman–Crippen MR) is 91.7 cm³/mol. The van der Waals surface area contributed by atoms with Gasteiger partial charge in [0.25, 0.3) is 0 Å². The third kappa shape index (κ3) is 2.01. The lowest BCUT2D eigenvalue weighted by molar-refractivity contribution is 1.06. The molecule has 0 atom stereocenters. The van der Waals surface area contributed by atoms with Gasteiger partial charge in [-0.3, -0.25) is 0 Å². The van der Waals surface area contributed by atoms with E-state index in [1.54, 1.807) is 11.1 Å². The van der Waals surface area contributed by atoms with Crippen molar-refractivity contribution in [2.75, 3.05) is 0 Å². The molecule has 0 bridgehead atoms. The monoisotopic (exact) mass is 388 g/mol. The van der Waals surface area contributed by atoms with Crippen molar-refractivity contribution in [3.05, 3.63) is 67.6 Å². The summed E-state index contributed by atoms with van der Waals surface area (Å²) in [6, 6.07) is 13.4. The molecule has 0 amide bonds. The highest BCUT2D eigenvalue weighted by Crippen LogP contribution is 2.44. The Labute approximate surface area is 136 Å². The lowest BCUT2D eigenvalue weighted by atomic mass is 9.97. The largest absolute Gasteiger partial charge is 0.0573 e. The molecule has 2 aromatic carbocycles. The van der Waals surface area contributed by atoms with Crippen molar-refractivity contribution in [1.82, 2.24) is 0 Å². The summed E-state index contributed by atoms with van der Waals surface area (Å²) in [6.07, 6.45) is 4.75. The Balaban J connectivity index is 1.92. The van der Waals surface area contributed by atoms with Gasteiger partial charge in [0, 0.05) is 8.95 Å². The van der Waals surface area contributed by atoms with E-state index in [1.807, 2.05) is 0 Å². The van der Waals surface area contributed by atoms with Crippen molar-refractivity contribution < 1.29 is 0 Å². The summed E-state index contributed by atoms with van der Waals surface area (Å²) >= 11 is 7.23. The molecule has 0 aliphatic heterocycles. The molecule has 0 nitrogen and oxygen atoms in total. The van der Waals surface area contributed by atoms with E-state index in [-0.39, 0.29) is 0 Å². The molecular formula is C18H14Br2. The average Bonchev–Trinajstić information content (AvgIpc) is 3.01. The first-order valence-corrected chi connectivity index (χ1v) is 8.60. The van der Waals surface area contributed by atoms with Crippen LogP contribution in [0, 0.1) is 0 Å². The van der Waals surface area contributed by atoms with Crippen molar-refractivity contribution in [3.8, 4) is 0 Å². The Morgan fingerprint density at radius 1 is 0.600 bits per heavy atom. The minimum Gasteiger partial charge on any atom is -0.0573 e. The Bertz CT molecular complexity index is 678. The fraction of sp³-hybridized carbons (Fsp3) is 0.222. The molecule has 2 aliphatic carbocycles. The number of rotatable bonds is 0. The first-order chi connectivity index (χ1) is 9.72. The third-order valence-corrected chi connectivity index (χ3v) is 5.43. The molecule has 0 radical (unpaired) electrons. The summed E-state index contributed by atoms with van der Waals surface area (Å²) in [6.45, 7) is 0. The molecule has 0 unspecified atom stereocenters. The first kappa shape index (κ1) is 12.8. The van der Waals surface area contributed by atoms with Crippen LogP contribution in [0.15, 0.2) is 45.3 Å². The fourth-order valence-corrected chi connectivity index (χ4v) is 4.23. The summed E-state index contributed by atoms with van der Waals surface area (Å²) in [5, 5.41) is 0. The molecule has 0 fully saturated rings. The highest BCUT2D eigenvalue weighted by Gasteiger charge is 2.25. The standard InChI is InChI=1S/C18H14Br2/c19-13-5-1-11-3-7-15(17(11)9-13)16-8-4-12-2-6-14(20)10-18(12)16/h1-2,5-6,9-10H,3-4,7-8H2/b16-15+. The highest BCUT2D eigenvalue weighted by molar-refractivity contribution is 9.10. The summed E-state index contributed by atoms with van der Waals surface area (Å²) < 4.78 is 2.37. The van der Waals surface area contributed by atoms with Gasteiger partial charge >= 0.3 is 0 Å². The van der Waals surface area contributed by atoms with Gasteiger partial charge in [-0.05, 0) is 83.3 Å². The minimum absolute atomic E-state index is 1.18. The molecule has 2 aromatic rings. The van der Waals surface area contributed by atoms with Gasteiger partial charge in [-0.2, -0.15) is 0 Å². The van der Waals surface area contributed by atoms with Crippen LogP contribution in [0.1, 0.15) is 35.1 Å². The van der Waals surface area contributed by atoms with Crippen LogP contribution in [0.5, 0.6) is 0 Å². The average molecular weight is 390 g/mol. The van der Waals surface area contributed by atoms with Crippen molar-refractivity contribution in [1.29, 1.82) is 0 Å². The number of benzene rings is 2. The van der Waals surface area contributed by atoms with E-state index in [0.717, 1.165) is 0 Å². The smallest absolute Gasteiger partial charge is 0.0181 e. The number of fused-ring (bicyclic) bond motifs is 2. The molecule has 0 N–H and O–H groups in total. The SMILES string of the molecule is Brc1ccc2c(c1)/C(=C1\CCc3ccc(Br)cc31)CC2. The second kappa shape index (κ2) is 4.85. The number of aryl methyl sites for hydroxylation is 2. The quantitative estimate of drug-likeness (QED) is 0.517. The van der Waals surface area contributed by atoms with Crippen molar-refractivity contribution >= 4 is 43.0 Å². The first-order valence-electron chi connectivity index (χ1n) is 7.02. The van der Waals surface area contributed by atoms with Gasteiger partial charge in [0.2, 0.25) is 0 Å². The van der Waals surface area contributed by atoms with Crippen LogP contribution in [-0.4, -0.2) is 0 Å². The Kier molecular flexibility index (Phi) is 3.12. The van der Waals surface area contributed by atoms with Gasteiger partial charge in [0.05, 0.1) is 0 Å². The Morgan fingerprint density at radius 2 is 1.05 bits per heavy atom. The molecule has 20 heavy (non-hydrogen) atoms. The van der Waals surface area contributed by atoms with Crippen molar-refractivity contribution in [2.24, 2.45) is 0 Å². The van der Waals surface area contributed by atoms with Gasteiger partial charge in [0.1, 0.15) is 0 Å². The molecule has 100 valence electrons. The van der Waals surface area contributed by atoms with Crippen molar-refractivity contribution in [3.63, 3.8) is 0 Å². The summed E-state index contributed by atoms with van der Waals surface area (Å²) in [5.74, 6) is 0. The van der Waals surface area contributed by atoms with Crippen molar-refractivity contribution in [2.45, 2.75) is 25.7 Å². The van der Waals surface area contributed by atoms with E-state index in [1.165, 1.54) is 56.9 Å². The van der Waals surface area contributed by atoms with Crippen LogP contribution in [0.4, 0.5) is 0 Å². The van der Waals surface area contributed by atoms with E-state index >= 15 is 0 Å². The zero-order valence-corrected chi connectivity index (χ0v) is 14.2. The summed E-state index contributed by atoms with van der Waals surface area (Å²) in [4.78, 5) is 0. The number of halogens is 2. The zero-order chi connectivity index (χ0) is 13.7. The van der Waals surface area contributed by atoms with Crippen LogP contribution in [0.25, 0.3) is 11.1 Å². The van der Waals surface area contributed by atoms with Crippen LogP contribution < -0.4 is 0 Å². The van der Waals surface area contributed by atoms with Crippen LogP contribution >= 0.6 is 31.9 Å². The number of hydrogen-bond acceptors (Lipinski definition) is 0. The predicted octanol–water partition coefficient (Wildman–Crippen LogP) is 6.01. The number of hydrogen-bond donors (Lipinski definition) is 0. The van der Waals surface area contributed by atoms with Crippen LogP contribution in [0.2, 0.25) is 0 Å². The molecule has 2 aliphatic rings. The fourth-order valence-electron chi connectivity index (χ4n) is 3.51. The molecule has 2 heteroatoms. The maximum absolute atomic E-state index is 3.61. The van der Waals surface area contributed by atoms with E-state index < -0.39 is 0 Å². The second-order valence-corrected chi connectivity index (χ2v) is 7.39. The lowest BCUT2D eigenvalue weighted by Crippen LogP contribution is -1.86. The zero-order valence-electron chi connectivity index (χ0n) is 11.0. The summed E-state index contributed by atoms with van der Waals surface area (Å²) in [7, 11) is 0. The second-order valence-electron chi connectivity index (χ2n) is 5.56. The van der Waals surface area contributed by atoms with Gasteiger partial charge in [-0.1, -0.05) is 44.0 Å². The van der Waals surface area contributed by atoms with Gasteiger partial charge in [-0.25, -0.2) is 0 Å². The van der Waals surface area contributed by atoms with E-state index in [9.17, 15) is 0 Å². The van der Waals surface area contributed by atoms with E-state index in [4.69, 9.17) is 0 Å². The number of allylic oxidation sites excluding steroid dienone is 2. The van der Waals surface area contributed by atoms with E-state index in [2.05, 4.69) is 68.3 Å². The van der Waals surface area contributed by atoms with Gasteiger partial charge in [-0.15, -0.1) is 0 Å². The van der Waals surface area contributed by atoms with E-state index in [0.29, 0.717) is 0 Å². The topological polar surface area (TPSA) is 0 Å². The maximum Gasteiger partial charge on any atom is 0.0181 e. The molecule has 0 heterocycles. The van der Waals surface area contributed by atoms with Gasteiger partial charge in [0.15, 0.2) is 0 Å². The molecular weight excluding hydrogens is 376 g/mol. The van der Waals surface area contributed by atoms with Gasteiger partial charge < -0.3 is 0 Å². The lowest BCUT2D eigenvalue weighted by Gasteiger charge is -2.09. The Morgan fingerprint density at radius 3 is 1.50 bits per heavy atom. The molecule has 0 saturated heterocycles. The maximum atomic E-state index is 3.61. The summed E-state index contributed by atoms with van der Waals surface area (Å²) in [5.41, 5.74) is 9.05. The Hall–Kier alpha value is -0.860. The minimum atomic E-state index is 1.18. The normalized spacial score (nSPS) is 20.1. The van der Waals surface area contributed by atoms with Crippen LogP contribution in [-0.2, 0) is 12.8 Å². The highest BCUT2D eigenvalue weighted by atomic mass is 79.9. The molecule has 0 saturated carbocycles. The molecule has 0 aromatic heterocycles. The molecule has 4 rings (SSSR count). The van der Waals surface area contributed by atoms with Crippen LogP contribution in [0.3, 0.4) is 0 Å². The molecule has 0 spiro atoms. The third-order valence-electron chi connectivity index (χ3n) is 4.45.